The zero-order chi connectivity index (χ0) is 23.2. The van der Waals surface area contributed by atoms with Crippen LogP contribution in [0.5, 0.6) is 0 Å². The minimum absolute atomic E-state index is 0.210. The van der Waals surface area contributed by atoms with Crippen molar-refractivity contribution < 1.29 is 18.0 Å². The van der Waals surface area contributed by atoms with Crippen LogP contribution >= 0.6 is 24.0 Å². The number of rotatable bonds is 3. The number of alkyl halides is 3. The molecule has 0 aliphatic carbocycles. The van der Waals surface area contributed by atoms with Crippen LogP contribution in [0.2, 0.25) is 0 Å². The molecule has 164 valence electrons. The molecule has 0 N–H and O–H groups in total. The summed E-state index contributed by atoms with van der Waals surface area (Å²) in [7, 11) is 0. The predicted molar refractivity (Wildman–Crippen MR) is 127 cm³/mol. The Bertz CT molecular complexity index is 1270. The Kier molecular flexibility index (Phi) is 5.77. The number of benzene rings is 2. The second kappa shape index (κ2) is 8.26. The monoisotopic (exact) mass is 472 g/mol. The van der Waals surface area contributed by atoms with Crippen LogP contribution in [-0.2, 0) is 11.0 Å². The highest BCUT2D eigenvalue weighted by molar-refractivity contribution is 8.27. The van der Waals surface area contributed by atoms with E-state index in [0.29, 0.717) is 14.9 Å². The lowest BCUT2D eigenvalue weighted by Gasteiger charge is -2.16. The van der Waals surface area contributed by atoms with Gasteiger partial charge in [0.1, 0.15) is 0 Å². The maximum absolute atomic E-state index is 13.2. The molecule has 1 aliphatic rings. The van der Waals surface area contributed by atoms with Gasteiger partial charge in [-0.25, -0.2) is 0 Å². The van der Waals surface area contributed by atoms with Crippen molar-refractivity contribution in [3.05, 3.63) is 87.6 Å². The lowest BCUT2D eigenvalue weighted by Crippen LogP contribution is -2.28. The molecule has 0 atom stereocenters. The third-order valence-corrected chi connectivity index (χ3v) is 6.64. The quantitative estimate of drug-likeness (QED) is 0.309. The van der Waals surface area contributed by atoms with Gasteiger partial charge in [0.25, 0.3) is 5.91 Å². The first-order valence-electron chi connectivity index (χ1n) is 9.78. The highest BCUT2D eigenvalue weighted by Crippen LogP contribution is 2.38. The van der Waals surface area contributed by atoms with E-state index < -0.39 is 11.7 Å². The summed E-state index contributed by atoms with van der Waals surface area (Å²) in [5.74, 6) is -0.210. The number of hydrogen-bond acceptors (Lipinski definition) is 3. The number of amides is 1. The van der Waals surface area contributed by atoms with E-state index in [0.717, 1.165) is 40.3 Å². The van der Waals surface area contributed by atoms with E-state index >= 15 is 0 Å². The van der Waals surface area contributed by atoms with Crippen molar-refractivity contribution in [2.24, 2.45) is 0 Å². The summed E-state index contributed by atoms with van der Waals surface area (Å²) in [5, 5.41) is 0. The zero-order valence-corrected chi connectivity index (χ0v) is 19.2. The Morgan fingerprint density at radius 1 is 1.00 bits per heavy atom. The molecule has 1 aliphatic heterocycles. The van der Waals surface area contributed by atoms with Gasteiger partial charge in [0.05, 0.1) is 16.2 Å². The molecule has 0 radical (unpaired) electrons. The number of thiocarbonyl (C=S) groups is 1. The number of aromatic nitrogens is 1. The molecule has 3 aromatic rings. The van der Waals surface area contributed by atoms with Crippen LogP contribution in [0.15, 0.2) is 59.5 Å². The second-order valence-corrected chi connectivity index (χ2v) is 9.19. The molecule has 0 saturated carbocycles. The van der Waals surface area contributed by atoms with Crippen molar-refractivity contribution in [1.82, 2.24) is 4.57 Å². The molecule has 4 rings (SSSR count). The molecule has 2 heterocycles. The number of aryl methyl sites for hydroxylation is 2. The van der Waals surface area contributed by atoms with Crippen molar-refractivity contribution in [3.63, 3.8) is 0 Å². The average molecular weight is 473 g/mol. The maximum Gasteiger partial charge on any atom is 0.416 e. The minimum atomic E-state index is -4.42. The first-order valence-corrected chi connectivity index (χ1v) is 11.0. The summed E-state index contributed by atoms with van der Waals surface area (Å²) in [5.41, 5.74) is 3.65. The molecule has 8 heteroatoms. The van der Waals surface area contributed by atoms with Gasteiger partial charge in [0.15, 0.2) is 4.32 Å². The van der Waals surface area contributed by atoms with Gasteiger partial charge in [-0.15, -0.1) is 0 Å². The number of carbonyl (C=O) groups is 1. The number of nitrogens with zero attached hydrogens (tertiary/aromatic N) is 2. The van der Waals surface area contributed by atoms with Crippen LogP contribution in [0.25, 0.3) is 11.8 Å². The molecule has 0 unspecified atom stereocenters. The second-order valence-electron chi connectivity index (χ2n) is 7.51. The number of halogens is 3. The SMILES string of the molecule is Cc1ccccc1N1C(=O)/C(=C/c2cc(C)n(-c3cccc(C(F)(F)F)c3)c2C)SC1=S. The first-order chi connectivity index (χ1) is 15.1. The molecular weight excluding hydrogens is 453 g/mol. The smallest absolute Gasteiger partial charge is 0.318 e. The van der Waals surface area contributed by atoms with Gasteiger partial charge >= 0.3 is 6.18 Å². The van der Waals surface area contributed by atoms with E-state index in [1.54, 1.807) is 16.7 Å². The highest BCUT2D eigenvalue weighted by atomic mass is 32.2. The lowest BCUT2D eigenvalue weighted by molar-refractivity contribution is -0.137. The van der Waals surface area contributed by atoms with Crippen molar-refractivity contribution >= 4 is 46.0 Å². The first kappa shape index (κ1) is 22.4. The van der Waals surface area contributed by atoms with Crippen LogP contribution in [0.1, 0.15) is 28.1 Å². The van der Waals surface area contributed by atoms with Gasteiger partial charge in [-0.3, -0.25) is 9.69 Å². The topological polar surface area (TPSA) is 25.2 Å². The standard InChI is InChI=1S/C24H19F3N2OS2/c1-14-7-4-5-10-20(14)29-22(30)21(32-23(29)31)12-17-11-15(2)28(16(17)3)19-9-6-8-18(13-19)24(25,26)27/h4-13H,1-3H3/b21-12-. The Labute approximate surface area is 193 Å². The average Bonchev–Trinajstić information content (AvgIpc) is 3.16. The molecule has 1 amide bonds. The maximum atomic E-state index is 13.2. The molecular formula is C24H19F3N2OS2. The van der Waals surface area contributed by atoms with Gasteiger partial charge in [-0.2, -0.15) is 13.2 Å². The molecule has 3 nitrogen and oxygen atoms in total. The predicted octanol–water partition coefficient (Wildman–Crippen LogP) is 6.83. The van der Waals surface area contributed by atoms with Crippen LogP contribution in [0.4, 0.5) is 18.9 Å². The van der Waals surface area contributed by atoms with Gasteiger partial charge < -0.3 is 4.57 Å². The van der Waals surface area contributed by atoms with E-state index in [2.05, 4.69) is 0 Å². The summed E-state index contributed by atoms with van der Waals surface area (Å²) in [6, 6.07) is 14.6. The van der Waals surface area contributed by atoms with Crippen molar-refractivity contribution in [1.29, 1.82) is 0 Å². The van der Waals surface area contributed by atoms with E-state index in [-0.39, 0.29) is 5.91 Å². The van der Waals surface area contributed by atoms with Gasteiger partial charge in [-0.05, 0) is 68.3 Å². The van der Waals surface area contributed by atoms with Crippen LogP contribution in [-0.4, -0.2) is 14.8 Å². The fourth-order valence-electron chi connectivity index (χ4n) is 3.78. The van der Waals surface area contributed by atoms with Crippen molar-refractivity contribution in [2.75, 3.05) is 4.90 Å². The third kappa shape index (κ3) is 4.00. The Hall–Kier alpha value is -2.84. The Morgan fingerprint density at radius 2 is 1.72 bits per heavy atom. The van der Waals surface area contributed by atoms with E-state index in [1.807, 2.05) is 51.1 Å². The largest absolute Gasteiger partial charge is 0.416 e. The molecule has 1 aromatic heterocycles. The normalized spacial score (nSPS) is 15.8. The third-order valence-electron chi connectivity index (χ3n) is 5.34. The minimum Gasteiger partial charge on any atom is -0.318 e. The van der Waals surface area contributed by atoms with Gasteiger partial charge in [0.2, 0.25) is 0 Å². The van der Waals surface area contributed by atoms with E-state index in [9.17, 15) is 18.0 Å². The highest BCUT2D eigenvalue weighted by Gasteiger charge is 2.34. The summed E-state index contributed by atoms with van der Waals surface area (Å²) in [4.78, 5) is 15.1. The summed E-state index contributed by atoms with van der Waals surface area (Å²) in [6.45, 7) is 5.56. The van der Waals surface area contributed by atoms with Gasteiger partial charge in [-0.1, -0.05) is 48.2 Å². The zero-order valence-electron chi connectivity index (χ0n) is 17.5. The van der Waals surface area contributed by atoms with Crippen LogP contribution in [0.3, 0.4) is 0 Å². The Balaban J connectivity index is 1.72. The van der Waals surface area contributed by atoms with E-state index in [1.165, 1.54) is 22.7 Å². The fraction of sp³-hybridized carbons (Fsp3) is 0.167. The summed E-state index contributed by atoms with van der Waals surface area (Å²) >= 11 is 6.67. The fourth-order valence-corrected chi connectivity index (χ4v) is 5.06. The number of thioether (sulfide) groups is 1. The van der Waals surface area contributed by atoms with Gasteiger partial charge in [0, 0.05) is 17.1 Å². The molecule has 2 aromatic carbocycles. The number of hydrogen-bond donors (Lipinski definition) is 0. The number of anilines is 1. The van der Waals surface area contributed by atoms with E-state index in [4.69, 9.17) is 12.2 Å². The van der Waals surface area contributed by atoms with Crippen molar-refractivity contribution in [3.8, 4) is 5.69 Å². The molecule has 32 heavy (non-hydrogen) atoms. The number of para-hydroxylation sites is 1. The molecule has 1 fully saturated rings. The number of carbonyl (C=O) groups excluding carboxylic acids is 1. The summed E-state index contributed by atoms with van der Waals surface area (Å²) in [6.07, 6.45) is -2.67. The molecule has 0 bridgehead atoms. The Morgan fingerprint density at radius 3 is 2.41 bits per heavy atom. The van der Waals surface area contributed by atoms with Crippen molar-refractivity contribution in [2.45, 2.75) is 26.9 Å². The molecule has 0 spiro atoms. The van der Waals surface area contributed by atoms with Crippen LogP contribution in [0, 0.1) is 20.8 Å². The lowest BCUT2D eigenvalue weighted by atomic mass is 10.1. The van der Waals surface area contributed by atoms with Crippen LogP contribution < -0.4 is 4.90 Å². The molecule has 1 saturated heterocycles. The summed E-state index contributed by atoms with van der Waals surface area (Å²) < 4.78 is 41.7.